The molecule has 0 amide bonds. The van der Waals surface area contributed by atoms with Crippen molar-refractivity contribution in [2.75, 3.05) is 0 Å². The van der Waals surface area contributed by atoms with Crippen LogP contribution >= 0.6 is 27.3 Å². The summed E-state index contributed by atoms with van der Waals surface area (Å²) in [7, 11) is 0. The van der Waals surface area contributed by atoms with Crippen LogP contribution in [0.3, 0.4) is 0 Å². The largest absolute Gasteiger partial charge is 0.237 e. The van der Waals surface area contributed by atoms with Crippen LogP contribution in [0, 0.1) is 5.82 Å². The van der Waals surface area contributed by atoms with E-state index >= 15 is 0 Å². The predicted octanol–water partition coefficient (Wildman–Crippen LogP) is 3.71. The summed E-state index contributed by atoms with van der Waals surface area (Å²) in [5.74, 6) is -0.224. The molecular formula is C9H5BrFNS. The van der Waals surface area contributed by atoms with Crippen LogP contribution in [0.4, 0.5) is 4.39 Å². The lowest BCUT2D eigenvalue weighted by atomic mass is 10.2. The van der Waals surface area contributed by atoms with E-state index in [1.807, 2.05) is 6.07 Å². The molecule has 1 nitrogen and oxygen atoms in total. The summed E-state index contributed by atoms with van der Waals surface area (Å²) in [4.78, 5) is 4.99. The summed E-state index contributed by atoms with van der Waals surface area (Å²) < 4.78 is 13.6. The smallest absolute Gasteiger partial charge is 0.124 e. The molecule has 0 aliphatic rings. The van der Waals surface area contributed by atoms with Gasteiger partial charge in [-0.15, -0.1) is 11.3 Å². The van der Waals surface area contributed by atoms with Gasteiger partial charge in [-0.25, -0.2) is 9.37 Å². The summed E-state index contributed by atoms with van der Waals surface area (Å²) in [6, 6.07) is 6.48. The highest BCUT2D eigenvalue weighted by atomic mass is 79.9. The Balaban J connectivity index is 2.53. The summed E-state index contributed by atoms with van der Waals surface area (Å²) in [5.41, 5.74) is 2.58. The number of nitrogens with zero attached hydrogens (tertiary/aromatic N) is 1. The molecule has 66 valence electrons. The average Bonchev–Trinajstić information content (AvgIpc) is 2.51. The van der Waals surface area contributed by atoms with Gasteiger partial charge in [-0.3, -0.25) is 0 Å². The number of benzene rings is 1. The van der Waals surface area contributed by atoms with Crippen LogP contribution in [0.25, 0.3) is 10.4 Å². The predicted molar refractivity (Wildman–Crippen MR) is 55.2 cm³/mol. The molecule has 13 heavy (non-hydrogen) atoms. The zero-order chi connectivity index (χ0) is 9.26. The maximum Gasteiger partial charge on any atom is 0.124 e. The Morgan fingerprint density at radius 1 is 1.38 bits per heavy atom. The average molecular weight is 258 g/mol. The lowest BCUT2D eigenvalue weighted by Crippen LogP contribution is -1.76. The van der Waals surface area contributed by atoms with Gasteiger partial charge in [-0.2, -0.15) is 0 Å². The second-order valence-electron chi connectivity index (χ2n) is 2.48. The molecule has 0 saturated heterocycles. The molecule has 0 fully saturated rings. The fraction of sp³-hybridized carbons (Fsp3) is 0. The minimum atomic E-state index is -0.224. The molecule has 4 heteroatoms. The molecule has 0 spiro atoms. The maximum absolute atomic E-state index is 12.9. The molecule has 0 saturated carbocycles. The Hall–Kier alpha value is -0.740. The van der Waals surface area contributed by atoms with E-state index in [0.717, 1.165) is 15.0 Å². The minimum Gasteiger partial charge on any atom is -0.237 e. The first-order valence-corrected chi connectivity index (χ1v) is 5.29. The normalized spacial score (nSPS) is 10.3. The highest BCUT2D eigenvalue weighted by molar-refractivity contribution is 9.10. The second kappa shape index (κ2) is 3.55. The molecule has 2 aromatic rings. The van der Waals surface area contributed by atoms with Gasteiger partial charge in [0.25, 0.3) is 0 Å². The molecule has 0 unspecified atom stereocenters. The zero-order valence-corrected chi connectivity index (χ0v) is 8.90. The first-order chi connectivity index (χ1) is 6.27. The summed E-state index contributed by atoms with van der Waals surface area (Å²) >= 11 is 4.79. The van der Waals surface area contributed by atoms with E-state index in [4.69, 9.17) is 0 Å². The summed E-state index contributed by atoms with van der Waals surface area (Å²) in [6.45, 7) is 0. The van der Waals surface area contributed by atoms with Crippen molar-refractivity contribution in [2.24, 2.45) is 0 Å². The van der Waals surface area contributed by atoms with E-state index in [9.17, 15) is 4.39 Å². The number of aromatic nitrogens is 1. The van der Waals surface area contributed by atoms with Crippen LogP contribution in [-0.2, 0) is 0 Å². The highest BCUT2D eigenvalue weighted by Gasteiger charge is 2.05. The van der Waals surface area contributed by atoms with Crippen molar-refractivity contribution in [3.05, 3.63) is 40.2 Å². The van der Waals surface area contributed by atoms with Gasteiger partial charge < -0.3 is 0 Å². The molecule has 0 bridgehead atoms. The van der Waals surface area contributed by atoms with E-state index in [1.54, 1.807) is 11.6 Å². The van der Waals surface area contributed by atoms with Crippen LogP contribution in [-0.4, -0.2) is 4.98 Å². The number of rotatable bonds is 1. The molecule has 2 rings (SSSR count). The maximum atomic E-state index is 12.9. The Morgan fingerprint density at radius 2 is 2.23 bits per heavy atom. The zero-order valence-electron chi connectivity index (χ0n) is 6.50. The summed E-state index contributed by atoms with van der Waals surface area (Å²) in [6.07, 6.45) is 0. The summed E-state index contributed by atoms with van der Waals surface area (Å²) in [5, 5.41) is 0. The van der Waals surface area contributed by atoms with E-state index in [2.05, 4.69) is 20.9 Å². The lowest BCUT2D eigenvalue weighted by molar-refractivity contribution is 0.628. The fourth-order valence-electron chi connectivity index (χ4n) is 1.05. The molecule has 0 atom stereocenters. The van der Waals surface area contributed by atoms with E-state index in [-0.39, 0.29) is 5.82 Å². The van der Waals surface area contributed by atoms with Crippen molar-refractivity contribution >= 4 is 27.3 Å². The van der Waals surface area contributed by atoms with Crippen molar-refractivity contribution < 1.29 is 4.39 Å². The number of halogens is 2. The van der Waals surface area contributed by atoms with Crippen molar-refractivity contribution in [2.45, 2.75) is 0 Å². The SMILES string of the molecule is Fc1cccc(-c2scnc2Br)c1. The van der Waals surface area contributed by atoms with Crippen LogP contribution in [0.2, 0.25) is 0 Å². The Labute approximate surface area is 87.4 Å². The minimum absolute atomic E-state index is 0.224. The number of thiazole rings is 1. The van der Waals surface area contributed by atoms with E-state index < -0.39 is 0 Å². The van der Waals surface area contributed by atoms with Crippen LogP contribution in [0.1, 0.15) is 0 Å². The van der Waals surface area contributed by atoms with Crippen molar-refractivity contribution in [3.8, 4) is 10.4 Å². The second-order valence-corrected chi connectivity index (χ2v) is 4.09. The van der Waals surface area contributed by atoms with Crippen LogP contribution in [0.15, 0.2) is 34.4 Å². The standard InChI is InChI=1S/C9H5BrFNS/c10-9-8(13-5-12-9)6-2-1-3-7(11)4-6/h1-5H. The van der Waals surface area contributed by atoms with E-state index in [0.29, 0.717) is 0 Å². The molecule has 1 aromatic heterocycles. The van der Waals surface area contributed by atoms with Gasteiger partial charge in [0.1, 0.15) is 10.4 Å². The van der Waals surface area contributed by atoms with Crippen molar-refractivity contribution in [1.82, 2.24) is 4.98 Å². The highest BCUT2D eigenvalue weighted by Crippen LogP contribution is 2.31. The van der Waals surface area contributed by atoms with Gasteiger partial charge in [-0.1, -0.05) is 12.1 Å². The Bertz CT molecular complexity index is 427. The first kappa shape index (κ1) is 8.84. The number of hydrogen-bond acceptors (Lipinski definition) is 2. The van der Waals surface area contributed by atoms with Crippen molar-refractivity contribution in [3.63, 3.8) is 0 Å². The van der Waals surface area contributed by atoms with Gasteiger partial charge in [-0.05, 0) is 33.6 Å². The monoisotopic (exact) mass is 257 g/mol. The van der Waals surface area contributed by atoms with E-state index in [1.165, 1.54) is 23.5 Å². The Kier molecular flexibility index (Phi) is 2.42. The Morgan fingerprint density at radius 3 is 2.85 bits per heavy atom. The first-order valence-electron chi connectivity index (χ1n) is 3.62. The topological polar surface area (TPSA) is 12.9 Å². The lowest BCUT2D eigenvalue weighted by Gasteiger charge is -1.96. The third kappa shape index (κ3) is 1.78. The van der Waals surface area contributed by atoms with Gasteiger partial charge in [0.15, 0.2) is 0 Å². The fourth-order valence-corrected chi connectivity index (χ4v) is 2.47. The molecule has 1 heterocycles. The molecule has 0 aliphatic heterocycles. The third-order valence-electron chi connectivity index (χ3n) is 1.61. The van der Waals surface area contributed by atoms with Crippen LogP contribution in [0.5, 0.6) is 0 Å². The molecule has 0 N–H and O–H groups in total. The van der Waals surface area contributed by atoms with Gasteiger partial charge >= 0.3 is 0 Å². The molecule has 0 aliphatic carbocycles. The quantitative estimate of drug-likeness (QED) is 0.759. The van der Waals surface area contributed by atoms with Gasteiger partial charge in [0, 0.05) is 0 Å². The molecule has 1 aromatic carbocycles. The molecule has 0 radical (unpaired) electrons. The van der Waals surface area contributed by atoms with Crippen LogP contribution < -0.4 is 0 Å². The van der Waals surface area contributed by atoms with Crippen molar-refractivity contribution in [1.29, 1.82) is 0 Å². The third-order valence-corrected chi connectivity index (χ3v) is 3.35. The number of hydrogen-bond donors (Lipinski definition) is 0. The van der Waals surface area contributed by atoms with Gasteiger partial charge in [0.05, 0.1) is 10.4 Å². The van der Waals surface area contributed by atoms with Gasteiger partial charge in [0.2, 0.25) is 0 Å². The molecular weight excluding hydrogens is 253 g/mol.